The molecule has 6 heteroatoms. The lowest BCUT2D eigenvalue weighted by Crippen LogP contribution is -2.46. The van der Waals surface area contributed by atoms with Crippen LogP contribution in [0.4, 0.5) is 0 Å². The Bertz CT molecular complexity index is 1290. The number of hydrogen-bond acceptors (Lipinski definition) is 5. The van der Waals surface area contributed by atoms with Crippen LogP contribution in [-0.4, -0.2) is 46.9 Å². The maximum Gasteiger partial charge on any atom is 0.306 e. The van der Waals surface area contributed by atoms with E-state index in [-0.39, 0.29) is 24.9 Å². The number of carbonyl (C=O) groups excluding carboxylic acids is 2. The van der Waals surface area contributed by atoms with Gasteiger partial charge in [0.1, 0.15) is 6.10 Å². The Morgan fingerprint density at radius 1 is 0.471 bits per heavy atom. The molecule has 68 heavy (non-hydrogen) atoms. The van der Waals surface area contributed by atoms with Gasteiger partial charge in [-0.2, -0.15) is 0 Å². The Morgan fingerprint density at radius 2 is 0.853 bits per heavy atom. The predicted molar refractivity (Wildman–Crippen MR) is 296 cm³/mol. The maximum atomic E-state index is 13.2. The molecule has 0 heterocycles. The van der Waals surface area contributed by atoms with Crippen LogP contribution >= 0.6 is 0 Å². The summed E-state index contributed by atoms with van der Waals surface area (Å²) < 4.78 is 5.84. The number of carbonyl (C=O) groups is 2. The van der Waals surface area contributed by atoms with Gasteiger partial charge in [-0.15, -0.1) is 0 Å². The molecule has 0 spiro atoms. The van der Waals surface area contributed by atoms with Gasteiger partial charge in [0.25, 0.3) is 0 Å². The van der Waals surface area contributed by atoms with Crippen LogP contribution in [0.2, 0.25) is 0 Å². The monoisotopic (exact) mass is 948 g/mol. The number of amides is 1. The Labute approximate surface area is 421 Å². The van der Waals surface area contributed by atoms with Gasteiger partial charge in [0.15, 0.2) is 0 Å². The van der Waals surface area contributed by atoms with E-state index in [0.717, 1.165) is 83.5 Å². The number of unbranched alkanes of at least 4 members (excludes halogenated alkanes) is 28. The molecule has 0 aromatic heterocycles. The summed E-state index contributed by atoms with van der Waals surface area (Å²) in [5.41, 5.74) is 0. The van der Waals surface area contributed by atoms with Crippen molar-refractivity contribution in [3.63, 3.8) is 0 Å². The van der Waals surface area contributed by atoms with E-state index in [0.29, 0.717) is 19.3 Å². The van der Waals surface area contributed by atoms with Crippen LogP contribution < -0.4 is 5.32 Å². The first-order valence-corrected chi connectivity index (χ1v) is 28.8. The van der Waals surface area contributed by atoms with Crippen LogP contribution in [0, 0.1) is 0 Å². The summed E-state index contributed by atoms with van der Waals surface area (Å²) in [5.74, 6) is -0.644. The molecule has 3 N–H and O–H groups in total. The van der Waals surface area contributed by atoms with Crippen molar-refractivity contribution in [1.82, 2.24) is 5.32 Å². The van der Waals surface area contributed by atoms with Crippen molar-refractivity contribution in [1.29, 1.82) is 0 Å². The van der Waals surface area contributed by atoms with Crippen molar-refractivity contribution < 1.29 is 24.5 Å². The lowest BCUT2D eigenvalue weighted by atomic mass is 10.0. The van der Waals surface area contributed by atoms with E-state index < -0.39 is 18.2 Å². The molecule has 392 valence electrons. The number of rotatable bonds is 51. The summed E-state index contributed by atoms with van der Waals surface area (Å²) in [6.45, 7) is 6.34. The van der Waals surface area contributed by atoms with Gasteiger partial charge in [-0.05, 0) is 76.7 Å². The first-order valence-electron chi connectivity index (χ1n) is 28.8. The highest BCUT2D eigenvalue weighted by molar-refractivity contribution is 5.78. The fourth-order valence-electron chi connectivity index (χ4n) is 8.38. The molecule has 0 saturated heterocycles. The normalized spacial score (nSPS) is 13.8. The van der Waals surface area contributed by atoms with Crippen LogP contribution in [0.1, 0.15) is 271 Å². The van der Waals surface area contributed by atoms with E-state index in [4.69, 9.17) is 4.74 Å². The van der Waals surface area contributed by atoms with E-state index in [1.165, 1.54) is 141 Å². The molecule has 6 nitrogen and oxygen atoms in total. The van der Waals surface area contributed by atoms with Crippen molar-refractivity contribution in [2.45, 2.75) is 289 Å². The standard InChI is InChI=1S/C62H109NO5/c1-4-7-10-13-16-19-22-25-28-30-32-34-37-40-43-46-49-52-55-62(67)68-58(53-50-47-44-41-38-35-27-24-21-18-15-12-9-6-3)56-61(66)63-59(57-64)60(65)54-51-48-45-42-39-36-33-31-29-26-23-20-17-14-11-8-5-2/h9,12,18,21,27-28,30,32,34-35,41,44,50,53,58-60,64-65H,4-8,10-11,13-17,19-20,22-26,29,31,33,36-40,42-43,45-49,51-52,54-57H2,1-3H3,(H,63,66)/b12-9+,21-18+,30-28+,34-32+,35-27+,44-41+,53-50+. The molecule has 0 rings (SSSR count). The summed E-state index contributed by atoms with van der Waals surface area (Å²) in [5, 5.41) is 23.8. The highest BCUT2D eigenvalue weighted by atomic mass is 16.5. The smallest absolute Gasteiger partial charge is 0.306 e. The largest absolute Gasteiger partial charge is 0.458 e. The van der Waals surface area contributed by atoms with Gasteiger partial charge >= 0.3 is 5.97 Å². The molecule has 0 aromatic rings. The van der Waals surface area contributed by atoms with E-state index in [1.54, 1.807) is 6.08 Å². The van der Waals surface area contributed by atoms with Crippen molar-refractivity contribution in [2.75, 3.05) is 6.61 Å². The third-order valence-corrected chi connectivity index (χ3v) is 12.7. The number of ether oxygens (including phenoxy) is 1. The van der Waals surface area contributed by atoms with E-state index in [1.807, 2.05) is 6.08 Å². The van der Waals surface area contributed by atoms with Crippen molar-refractivity contribution in [3.05, 3.63) is 85.1 Å². The molecule has 0 aliphatic heterocycles. The van der Waals surface area contributed by atoms with E-state index in [9.17, 15) is 19.8 Å². The van der Waals surface area contributed by atoms with Crippen LogP contribution in [0.25, 0.3) is 0 Å². The van der Waals surface area contributed by atoms with Crippen molar-refractivity contribution >= 4 is 11.9 Å². The van der Waals surface area contributed by atoms with Crippen LogP contribution in [0.5, 0.6) is 0 Å². The zero-order valence-corrected chi connectivity index (χ0v) is 44.7. The van der Waals surface area contributed by atoms with Crippen LogP contribution in [0.15, 0.2) is 85.1 Å². The maximum absolute atomic E-state index is 13.2. The Kier molecular flexibility index (Phi) is 52.6. The average Bonchev–Trinajstić information content (AvgIpc) is 3.33. The lowest BCUT2D eigenvalue weighted by Gasteiger charge is -2.23. The second-order valence-electron chi connectivity index (χ2n) is 19.3. The Morgan fingerprint density at radius 3 is 1.28 bits per heavy atom. The highest BCUT2D eigenvalue weighted by Gasteiger charge is 2.23. The second kappa shape index (κ2) is 55.0. The fraction of sp³-hybridized carbons (Fsp3) is 0.742. The minimum absolute atomic E-state index is 0.0549. The van der Waals surface area contributed by atoms with Gasteiger partial charge in [0, 0.05) is 6.42 Å². The minimum Gasteiger partial charge on any atom is -0.458 e. The molecule has 1 amide bonds. The summed E-state index contributed by atoms with van der Waals surface area (Å²) in [6, 6.07) is -0.750. The van der Waals surface area contributed by atoms with Gasteiger partial charge in [-0.3, -0.25) is 9.59 Å². The summed E-state index contributed by atoms with van der Waals surface area (Å²) in [6.07, 6.45) is 72.5. The number of esters is 1. The molecule has 0 aromatic carbocycles. The molecule has 0 aliphatic carbocycles. The number of aliphatic hydroxyl groups is 2. The van der Waals surface area contributed by atoms with Gasteiger partial charge in [0.2, 0.25) is 5.91 Å². The first kappa shape index (κ1) is 65.0. The second-order valence-corrected chi connectivity index (χ2v) is 19.3. The number of nitrogens with one attached hydrogen (secondary N) is 1. The molecular weight excluding hydrogens is 839 g/mol. The Balaban J connectivity index is 4.66. The predicted octanol–water partition coefficient (Wildman–Crippen LogP) is 17.9. The molecule has 0 saturated carbocycles. The third-order valence-electron chi connectivity index (χ3n) is 12.7. The van der Waals surface area contributed by atoms with E-state index in [2.05, 4.69) is 99.0 Å². The van der Waals surface area contributed by atoms with Crippen LogP contribution in [0.3, 0.4) is 0 Å². The molecule has 3 unspecified atom stereocenters. The topological polar surface area (TPSA) is 95.9 Å². The minimum atomic E-state index is -0.826. The zero-order valence-electron chi connectivity index (χ0n) is 44.7. The number of hydrogen-bond donors (Lipinski definition) is 3. The zero-order chi connectivity index (χ0) is 49.5. The van der Waals surface area contributed by atoms with Crippen molar-refractivity contribution in [3.8, 4) is 0 Å². The molecule has 0 bridgehead atoms. The highest BCUT2D eigenvalue weighted by Crippen LogP contribution is 2.17. The third kappa shape index (κ3) is 49.5. The summed E-state index contributed by atoms with van der Waals surface area (Å²) >= 11 is 0. The SMILES string of the molecule is CC/C=C/C/C=C/C/C=C/C/C=C/C/C=C/C(CC(=O)NC(CO)C(O)CCCCCCCCCCCCCCCCCCC)OC(=O)CCCCCCC/C=C/C=C/CCCCCCCCC. The Hall–Kier alpha value is -2.96. The molecule has 3 atom stereocenters. The molecule has 0 radical (unpaired) electrons. The lowest BCUT2D eigenvalue weighted by molar-refractivity contribution is -0.148. The fourth-order valence-corrected chi connectivity index (χ4v) is 8.38. The van der Waals surface area contributed by atoms with Gasteiger partial charge in [-0.25, -0.2) is 0 Å². The molecule has 0 fully saturated rings. The first-order chi connectivity index (χ1) is 33.5. The summed E-state index contributed by atoms with van der Waals surface area (Å²) in [7, 11) is 0. The number of aliphatic hydroxyl groups excluding tert-OH is 2. The summed E-state index contributed by atoms with van der Waals surface area (Å²) in [4.78, 5) is 26.2. The quantitative estimate of drug-likeness (QED) is 0.0244. The van der Waals surface area contributed by atoms with Gasteiger partial charge in [0.05, 0.1) is 25.2 Å². The van der Waals surface area contributed by atoms with Gasteiger partial charge < -0.3 is 20.3 Å². The van der Waals surface area contributed by atoms with Gasteiger partial charge in [-0.1, -0.05) is 267 Å². The van der Waals surface area contributed by atoms with E-state index >= 15 is 0 Å². The van der Waals surface area contributed by atoms with Crippen LogP contribution in [-0.2, 0) is 14.3 Å². The molecule has 0 aliphatic rings. The average molecular weight is 949 g/mol. The molecular formula is C62H109NO5. The number of allylic oxidation sites excluding steroid dienone is 13. The van der Waals surface area contributed by atoms with Crippen molar-refractivity contribution in [2.24, 2.45) is 0 Å².